The Morgan fingerprint density at radius 3 is 1.56 bits per heavy atom. The molecule has 0 aliphatic heterocycles. The summed E-state index contributed by atoms with van der Waals surface area (Å²) < 4.78 is 0. The van der Waals surface area contributed by atoms with Gasteiger partial charge < -0.3 is 11.5 Å². The number of rotatable bonds is 4. The number of hydrogen-bond donors (Lipinski definition) is 4. The molecule has 25 heavy (non-hydrogen) atoms. The first kappa shape index (κ1) is 18.3. The third kappa shape index (κ3) is 4.70. The van der Waals surface area contributed by atoms with Crippen molar-refractivity contribution in [1.29, 1.82) is 0 Å². The molecule has 3 aromatic rings. The summed E-state index contributed by atoms with van der Waals surface area (Å²) in [5.41, 5.74) is 18.3. The van der Waals surface area contributed by atoms with E-state index in [2.05, 4.69) is 42.0 Å². The summed E-state index contributed by atoms with van der Waals surface area (Å²) in [6.07, 6.45) is 3.03. The van der Waals surface area contributed by atoms with Crippen molar-refractivity contribution in [3.05, 3.63) is 102 Å². The number of hydrogen-bond acceptors (Lipinski definition) is 4. The minimum atomic E-state index is 0.759. The highest BCUT2D eigenvalue weighted by molar-refractivity contribution is 5.89. The van der Waals surface area contributed by atoms with Gasteiger partial charge in [-0.25, -0.2) is 0 Å². The lowest BCUT2D eigenvalue weighted by Gasteiger charge is -2.13. The van der Waals surface area contributed by atoms with Crippen LogP contribution in [-0.4, -0.2) is 0 Å². The maximum Gasteiger partial charge on any atom is 0.0393 e. The number of benzene rings is 3. The molecule has 0 saturated carbocycles. The van der Waals surface area contributed by atoms with Crippen LogP contribution < -0.4 is 23.2 Å². The van der Waals surface area contributed by atoms with Gasteiger partial charge in [0.1, 0.15) is 0 Å². The van der Waals surface area contributed by atoms with Crippen LogP contribution >= 0.6 is 0 Å². The molecule has 0 saturated heterocycles. The van der Waals surface area contributed by atoms with Crippen LogP contribution in [0, 0.1) is 0 Å². The predicted molar refractivity (Wildman–Crippen MR) is 107 cm³/mol. The molecule has 128 valence electrons. The molecule has 0 aliphatic rings. The van der Waals surface area contributed by atoms with Gasteiger partial charge in [-0.15, -0.1) is 0 Å². The summed E-state index contributed by atoms with van der Waals surface area (Å²) in [6.45, 7) is 0. The Balaban J connectivity index is 0.00000109. The molecule has 0 bridgehead atoms. The molecule has 0 fully saturated rings. The van der Waals surface area contributed by atoms with E-state index in [1.54, 1.807) is 0 Å². The summed E-state index contributed by atoms with van der Waals surface area (Å²) in [7, 11) is 0. The maximum absolute atomic E-state index is 6.20. The van der Waals surface area contributed by atoms with E-state index in [9.17, 15) is 0 Å². The van der Waals surface area contributed by atoms with E-state index in [1.165, 1.54) is 5.56 Å². The molecule has 0 amide bonds. The lowest BCUT2D eigenvalue weighted by atomic mass is 9.93. The van der Waals surface area contributed by atoms with Gasteiger partial charge in [-0.1, -0.05) is 72.8 Å². The molecule has 3 aromatic carbocycles. The van der Waals surface area contributed by atoms with E-state index in [0.29, 0.717) is 0 Å². The summed E-state index contributed by atoms with van der Waals surface area (Å²) in [4.78, 5) is 0. The summed E-state index contributed by atoms with van der Waals surface area (Å²) in [5.74, 6) is 8.00. The van der Waals surface area contributed by atoms with Gasteiger partial charge in [0, 0.05) is 22.5 Å². The highest BCUT2D eigenvalue weighted by atomic mass is 15.0. The number of nitrogen functional groups attached to an aromatic ring is 2. The first-order valence-electron chi connectivity index (χ1n) is 8.03. The number of allylic oxidation sites excluding steroid dienone is 1. The van der Waals surface area contributed by atoms with E-state index in [1.807, 2.05) is 54.6 Å². The van der Waals surface area contributed by atoms with Gasteiger partial charge in [0.15, 0.2) is 0 Å². The van der Waals surface area contributed by atoms with Crippen molar-refractivity contribution < 1.29 is 0 Å². The van der Waals surface area contributed by atoms with Crippen LogP contribution in [0.25, 0.3) is 5.57 Å². The molecule has 4 nitrogen and oxygen atoms in total. The van der Waals surface area contributed by atoms with E-state index >= 15 is 0 Å². The van der Waals surface area contributed by atoms with E-state index < -0.39 is 0 Å². The Labute approximate surface area is 148 Å². The second kappa shape index (κ2) is 9.27. The van der Waals surface area contributed by atoms with Crippen LogP contribution in [-0.2, 0) is 6.42 Å². The molecule has 0 spiro atoms. The largest absolute Gasteiger partial charge is 0.398 e. The first-order valence-corrected chi connectivity index (χ1v) is 8.03. The number of para-hydroxylation sites is 2. The maximum atomic E-state index is 6.20. The molecule has 0 unspecified atom stereocenters. The van der Waals surface area contributed by atoms with Crippen LogP contribution in [0.5, 0.6) is 0 Å². The molecular weight excluding hydrogens is 308 g/mol. The van der Waals surface area contributed by atoms with E-state index in [-0.39, 0.29) is 0 Å². The fraction of sp³-hybridized carbons (Fsp3) is 0.0476. The van der Waals surface area contributed by atoms with Crippen molar-refractivity contribution in [2.45, 2.75) is 6.42 Å². The fourth-order valence-corrected chi connectivity index (χ4v) is 2.68. The Hall–Kier alpha value is -3.08. The fourth-order valence-electron chi connectivity index (χ4n) is 2.68. The Morgan fingerprint density at radius 1 is 0.640 bits per heavy atom. The van der Waals surface area contributed by atoms with Crippen molar-refractivity contribution in [1.82, 2.24) is 0 Å². The lowest BCUT2D eigenvalue weighted by molar-refractivity contribution is 1.26. The van der Waals surface area contributed by atoms with Gasteiger partial charge in [0.2, 0.25) is 0 Å². The topological polar surface area (TPSA) is 104 Å². The second-order valence-electron chi connectivity index (χ2n) is 5.48. The van der Waals surface area contributed by atoms with Crippen LogP contribution in [0.3, 0.4) is 0 Å². The number of hydrazine groups is 1. The molecule has 4 heteroatoms. The zero-order valence-electron chi connectivity index (χ0n) is 14.1. The SMILES string of the molecule is NN.Nc1ccccc1C(=CCc1ccccc1)c1ccccc1N. The van der Waals surface area contributed by atoms with Crippen LogP contribution in [0.1, 0.15) is 16.7 Å². The van der Waals surface area contributed by atoms with Gasteiger partial charge >= 0.3 is 0 Å². The summed E-state index contributed by atoms with van der Waals surface area (Å²) in [5, 5.41) is 0. The quantitative estimate of drug-likeness (QED) is 0.334. The lowest BCUT2D eigenvalue weighted by Crippen LogP contribution is -2.02. The van der Waals surface area contributed by atoms with Crippen molar-refractivity contribution >= 4 is 16.9 Å². The standard InChI is InChI=1S/C21H20N2.H4N2/c22-20-12-6-4-10-18(20)17(19-11-5-7-13-21(19)23)15-14-16-8-2-1-3-9-16;1-2/h1-13,15H,14,22-23H2;1-2H2. The van der Waals surface area contributed by atoms with E-state index in [0.717, 1.165) is 34.5 Å². The predicted octanol–water partition coefficient (Wildman–Crippen LogP) is 3.34. The van der Waals surface area contributed by atoms with E-state index in [4.69, 9.17) is 11.5 Å². The van der Waals surface area contributed by atoms with Crippen molar-refractivity contribution in [3.8, 4) is 0 Å². The summed E-state index contributed by atoms with van der Waals surface area (Å²) in [6, 6.07) is 26.2. The number of nitrogens with two attached hydrogens (primary N) is 4. The molecule has 0 aliphatic carbocycles. The normalized spacial score (nSPS) is 9.68. The molecular formula is C21H24N4. The third-order valence-corrected chi connectivity index (χ3v) is 3.89. The smallest absolute Gasteiger partial charge is 0.0393 e. The van der Waals surface area contributed by atoms with Gasteiger partial charge in [0.25, 0.3) is 0 Å². The molecule has 0 radical (unpaired) electrons. The van der Waals surface area contributed by atoms with Gasteiger partial charge in [-0.05, 0) is 29.7 Å². The van der Waals surface area contributed by atoms with Gasteiger partial charge in [-0.3, -0.25) is 11.7 Å². The average Bonchev–Trinajstić information content (AvgIpc) is 2.67. The van der Waals surface area contributed by atoms with Crippen molar-refractivity contribution in [2.75, 3.05) is 11.5 Å². The molecule has 0 atom stereocenters. The van der Waals surface area contributed by atoms with Crippen LogP contribution in [0.2, 0.25) is 0 Å². The Morgan fingerprint density at radius 2 is 1.08 bits per heavy atom. The zero-order valence-corrected chi connectivity index (χ0v) is 14.1. The van der Waals surface area contributed by atoms with Gasteiger partial charge in [0.05, 0.1) is 0 Å². The average molecular weight is 332 g/mol. The minimum Gasteiger partial charge on any atom is -0.398 e. The minimum absolute atomic E-state index is 0.759. The second-order valence-corrected chi connectivity index (χ2v) is 5.48. The molecule has 0 aromatic heterocycles. The monoisotopic (exact) mass is 332 g/mol. The highest BCUT2D eigenvalue weighted by Crippen LogP contribution is 2.31. The van der Waals surface area contributed by atoms with Crippen molar-refractivity contribution in [3.63, 3.8) is 0 Å². The highest BCUT2D eigenvalue weighted by Gasteiger charge is 2.10. The van der Waals surface area contributed by atoms with Crippen LogP contribution in [0.15, 0.2) is 84.9 Å². The Bertz CT molecular complexity index is 779. The van der Waals surface area contributed by atoms with Crippen LogP contribution in [0.4, 0.5) is 11.4 Å². The van der Waals surface area contributed by atoms with Gasteiger partial charge in [-0.2, -0.15) is 0 Å². The summed E-state index contributed by atoms with van der Waals surface area (Å²) >= 11 is 0. The Kier molecular flexibility index (Phi) is 6.77. The molecule has 8 N–H and O–H groups in total. The zero-order chi connectivity index (χ0) is 18.1. The van der Waals surface area contributed by atoms with Crippen molar-refractivity contribution in [2.24, 2.45) is 11.7 Å². The molecule has 0 heterocycles. The third-order valence-electron chi connectivity index (χ3n) is 3.89. The molecule has 3 rings (SSSR count). The first-order chi connectivity index (χ1) is 12.3. The number of anilines is 2.